The highest BCUT2D eigenvalue weighted by Crippen LogP contribution is 2.11. The summed E-state index contributed by atoms with van der Waals surface area (Å²) in [4.78, 5) is 66.6. The third kappa shape index (κ3) is 8.76. The number of rotatable bonds is 7. The molecule has 0 spiro atoms. The molecule has 2 N–H and O–H groups in total. The molecule has 0 saturated carbocycles. The van der Waals surface area contributed by atoms with E-state index in [-0.39, 0.29) is 18.6 Å². The van der Waals surface area contributed by atoms with Crippen molar-refractivity contribution in [1.29, 1.82) is 0 Å². The Balaban J connectivity index is 5.10. The minimum absolute atomic E-state index is 0.144. The summed E-state index contributed by atoms with van der Waals surface area (Å²) < 4.78 is 8.43. The smallest absolute Gasteiger partial charge is 0.357 e. The first-order chi connectivity index (χ1) is 12.0. The van der Waals surface area contributed by atoms with E-state index in [0.717, 1.165) is 0 Å². The average Bonchev–Trinajstić information content (AvgIpc) is 2.50. The van der Waals surface area contributed by atoms with Gasteiger partial charge in [0.25, 0.3) is 0 Å². The lowest BCUT2D eigenvalue weighted by Crippen LogP contribution is -2.17. The van der Waals surface area contributed by atoms with Gasteiger partial charge < -0.3 is 19.7 Å². The van der Waals surface area contributed by atoms with E-state index in [1.807, 2.05) is 0 Å². The lowest BCUT2D eigenvalue weighted by Gasteiger charge is -2.04. The number of carbonyl (C=O) groups is 6. The summed E-state index contributed by atoms with van der Waals surface area (Å²) in [5.41, 5.74) is -0.422. The molecule has 0 aromatic heterocycles. The van der Waals surface area contributed by atoms with Crippen LogP contribution in [0.4, 0.5) is 0 Å². The van der Waals surface area contributed by atoms with Crippen LogP contribution in [0.15, 0.2) is 33.9 Å². The van der Waals surface area contributed by atoms with Crippen molar-refractivity contribution in [2.24, 2.45) is 0 Å². The van der Waals surface area contributed by atoms with Gasteiger partial charge in [0.15, 0.2) is 0 Å². The second-order valence-corrected chi connectivity index (χ2v) is 4.88. The molecule has 12 heteroatoms. The molecular weight excluding hydrogens is 399 g/mol. The number of aliphatic carboxylic acids is 2. The summed E-state index contributed by atoms with van der Waals surface area (Å²) in [5, 5.41) is 15.0. The fourth-order valence-electron chi connectivity index (χ4n) is 1.15. The van der Waals surface area contributed by atoms with Gasteiger partial charge in [0.1, 0.15) is 10.1 Å². The fourth-order valence-corrected chi connectivity index (χ4v) is 1.41. The normalized spacial score (nSPS) is 12.2. The number of carbonyl (C=O) groups excluding carboxylic acids is 4. The van der Waals surface area contributed by atoms with Crippen molar-refractivity contribution in [3.63, 3.8) is 0 Å². The Morgan fingerprint density at radius 3 is 1.58 bits per heavy atom. The molecule has 0 atom stereocenters. The van der Waals surface area contributed by atoms with Gasteiger partial charge in [-0.2, -0.15) is 0 Å². The van der Waals surface area contributed by atoms with E-state index in [0.29, 0.717) is 6.08 Å². The van der Waals surface area contributed by atoms with Crippen LogP contribution in [0.3, 0.4) is 0 Å². The molecule has 0 amide bonds. The van der Waals surface area contributed by atoms with Crippen LogP contribution in [0.1, 0.15) is 13.3 Å². The van der Waals surface area contributed by atoms with E-state index < -0.39 is 51.5 Å². The molecule has 0 aliphatic heterocycles. The fraction of sp³-hybridized carbons (Fsp3) is 0.143. The second-order valence-electron chi connectivity index (χ2n) is 4.07. The highest BCUT2D eigenvalue weighted by molar-refractivity contribution is 6.43. The number of carboxylic acids is 2. The number of halogens is 2. The molecule has 10 nitrogen and oxygen atoms in total. The third-order valence-corrected chi connectivity index (χ3v) is 2.73. The number of hydrogen-bond donors (Lipinski definition) is 2. The van der Waals surface area contributed by atoms with Gasteiger partial charge in [-0.3, -0.25) is 0 Å². The molecule has 0 aromatic rings. The summed E-state index contributed by atoms with van der Waals surface area (Å²) in [6, 6.07) is 0. The van der Waals surface area contributed by atoms with E-state index in [9.17, 15) is 28.8 Å². The molecule has 26 heavy (non-hydrogen) atoms. The molecule has 0 radical (unpaired) electrons. The Hall–Kier alpha value is -2.98. The van der Waals surface area contributed by atoms with Gasteiger partial charge in [-0.25, -0.2) is 28.8 Å². The summed E-state index contributed by atoms with van der Waals surface area (Å²) in [6.07, 6.45) is 0.934. The molecule has 140 valence electrons. The van der Waals surface area contributed by atoms with Gasteiger partial charge in [0.05, 0.1) is 0 Å². The van der Waals surface area contributed by atoms with Gasteiger partial charge >= 0.3 is 35.8 Å². The second kappa shape index (κ2) is 10.8. The van der Waals surface area contributed by atoms with Crippen LogP contribution < -0.4 is 0 Å². The van der Waals surface area contributed by atoms with Crippen molar-refractivity contribution in [2.45, 2.75) is 13.3 Å². The highest BCUT2D eigenvalue weighted by Gasteiger charge is 2.20. The van der Waals surface area contributed by atoms with Crippen LogP contribution >= 0.6 is 23.2 Å². The molecule has 0 aliphatic carbocycles. The Morgan fingerprint density at radius 2 is 1.19 bits per heavy atom. The maximum absolute atomic E-state index is 11.7. The lowest BCUT2D eigenvalue weighted by atomic mass is 10.2. The minimum atomic E-state index is -1.56. The zero-order chi connectivity index (χ0) is 20.4. The van der Waals surface area contributed by atoms with Crippen molar-refractivity contribution < 1.29 is 48.5 Å². The van der Waals surface area contributed by atoms with Crippen molar-refractivity contribution in [1.82, 2.24) is 0 Å². The highest BCUT2D eigenvalue weighted by atomic mass is 35.5. The van der Waals surface area contributed by atoms with Gasteiger partial charge in [-0.15, -0.1) is 0 Å². The number of hydrogen-bond acceptors (Lipinski definition) is 8. The van der Waals surface area contributed by atoms with E-state index in [1.165, 1.54) is 6.92 Å². The standard InChI is InChI=1S/C14H10Cl2O10/c1-2-6(12(22)26-14(24)8(16)5-10(19)20)3-11(21)25-13(23)7(15)4-9(17)18/h3-5H,2H2,1H3,(H,17,18)(H,19,20)/b6-3-,7-4+,8-5+. The SMILES string of the molecule is CC/C(=C/C(=O)OC(=O)/C(Cl)=C\C(=O)O)C(=O)OC(=O)/C(Cl)=C\C(=O)O. The third-order valence-electron chi connectivity index (χ3n) is 2.20. The first-order valence-electron chi connectivity index (χ1n) is 6.41. The van der Waals surface area contributed by atoms with Crippen molar-refractivity contribution in [2.75, 3.05) is 0 Å². The van der Waals surface area contributed by atoms with Crippen LogP contribution in [0.2, 0.25) is 0 Å². The van der Waals surface area contributed by atoms with Crippen LogP contribution in [-0.4, -0.2) is 46.0 Å². The Bertz CT molecular complexity index is 745. The summed E-state index contributed by atoms with van der Waals surface area (Å²) >= 11 is 10.6. The average molecular weight is 409 g/mol. The number of ether oxygens (including phenoxy) is 2. The summed E-state index contributed by atoms with van der Waals surface area (Å²) in [5.74, 6) is -8.80. The lowest BCUT2D eigenvalue weighted by molar-refractivity contribution is -0.156. The number of carboxylic acid groups (broad SMARTS) is 2. The van der Waals surface area contributed by atoms with E-state index in [1.54, 1.807) is 0 Å². The zero-order valence-electron chi connectivity index (χ0n) is 12.9. The minimum Gasteiger partial charge on any atom is -0.478 e. The Labute approximate surface area is 155 Å². The summed E-state index contributed by atoms with van der Waals surface area (Å²) in [7, 11) is 0. The summed E-state index contributed by atoms with van der Waals surface area (Å²) in [6.45, 7) is 1.39. The van der Waals surface area contributed by atoms with Crippen LogP contribution in [0.25, 0.3) is 0 Å². The van der Waals surface area contributed by atoms with Gasteiger partial charge in [0, 0.05) is 23.8 Å². The van der Waals surface area contributed by atoms with Crippen LogP contribution in [0.5, 0.6) is 0 Å². The molecule has 0 bridgehead atoms. The van der Waals surface area contributed by atoms with E-state index in [4.69, 9.17) is 33.4 Å². The monoisotopic (exact) mass is 408 g/mol. The topological polar surface area (TPSA) is 161 Å². The van der Waals surface area contributed by atoms with E-state index in [2.05, 4.69) is 9.47 Å². The molecule has 0 aromatic carbocycles. The largest absolute Gasteiger partial charge is 0.478 e. The molecular formula is C14H10Cl2O10. The quantitative estimate of drug-likeness (QED) is 0.351. The van der Waals surface area contributed by atoms with Crippen LogP contribution in [-0.2, 0) is 38.2 Å². The van der Waals surface area contributed by atoms with Crippen molar-refractivity contribution in [3.8, 4) is 0 Å². The molecule has 0 rings (SSSR count). The maximum Gasteiger partial charge on any atom is 0.357 e. The first kappa shape index (κ1) is 23.0. The van der Waals surface area contributed by atoms with Gasteiger partial charge in [-0.1, -0.05) is 30.1 Å². The van der Waals surface area contributed by atoms with Crippen molar-refractivity contribution >= 4 is 59.0 Å². The molecule has 0 saturated heterocycles. The van der Waals surface area contributed by atoms with Crippen molar-refractivity contribution in [3.05, 3.63) is 33.9 Å². The zero-order valence-corrected chi connectivity index (χ0v) is 14.4. The van der Waals surface area contributed by atoms with Gasteiger partial charge in [-0.05, 0) is 6.42 Å². The predicted molar refractivity (Wildman–Crippen MR) is 83.7 cm³/mol. The molecule has 0 unspecified atom stereocenters. The van der Waals surface area contributed by atoms with E-state index >= 15 is 0 Å². The maximum atomic E-state index is 11.7. The molecule has 0 aliphatic rings. The Morgan fingerprint density at radius 1 is 0.769 bits per heavy atom. The number of esters is 4. The van der Waals surface area contributed by atoms with Crippen LogP contribution in [0, 0.1) is 0 Å². The molecule has 0 fully saturated rings. The van der Waals surface area contributed by atoms with Gasteiger partial charge in [0.2, 0.25) is 0 Å². The Kier molecular flexibility index (Phi) is 9.56. The predicted octanol–water partition coefficient (Wildman–Crippen LogP) is 0.877. The first-order valence-corrected chi connectivity index (χ1v) is 7.17. The molecule has 0 heterocycles.